The van der Waals surface area contributed by atoms with Crippen molar-refractivity contribution in [3.63, 3.8) is 0 Å². The summed E-state index contributed by atoms with van der Waals surface area (Å²) in [5.74, 6) is -1.82. The Morgan fingerprint density at radius 3 is 2.40 bits per heavy atom. The lowest BCUT2D eigenvalue weighted by atomic mass is 10.1. The number of nitrogens with one attached hydrogen (secondary N) is 3. The minimum Gasteiger partial charge on any atom is -0.444 e. The number of likely N-dealkylation sites (tertiary alicyclic amines) is 2. The second-order valence-electron chi connectivity index (χ2n) is 14.5. The molecule has 2 aromatic carbocycles. The van der Waals surface area contributed by atoms with Gasteiger partial charge in [0, 0.05) is 31.6 Å². The molecule has 0 spiro atoms. The summed E-state index contributed by atoms with van der Waals surface area (Å²) in [7, 11) is 3.28. The Kier molecular flexibility index (Phi) is 12.1. The van der Waals surface area contributed by atoms with E-state index in [1.54, 1.807) is 40.9 Å². The van der Waals surface area contributed by atoms with Gasteiger partial charge in [0.1, 0.15) is 23.8 Å². The summed E-state index contributed by atoms with van der Waals surface area (Å²) in [5, 5.41) is 20.1. The molecule has 5 atom stereocenters. The van der Waals surface area contributed by atoms with Gasteiger partial charge in [-0.2, -0.15) is 0 Å². The maximum absolute atomic E-state index is 14.6. The first-order chi connectivity index (χ1) is 24.7. The number of aromatic nitrogens is 1. The van der Waals surface area contributed by atoms with Gasteiger partial charge in [0.15, 0.2) is 0 Å². The lowest BCUT2D eigenvalue weighted by Gasteiger charge is -2.32. The first-order valence-electron chi connectivity index (χ1n) is 17.6. The molecule has 2 fully saturated rings. The summed E-state index contributed by atoms with van der Waals surface area (Å²) in [5.41, 5.74) is 1.32. The van der Waals surface area contributed by atoms with Gasteiger partial charge in [-0.05, 0) is 71.2 Å². The zero-order chi connectivity index (χ0) is 37.6. The molecule has 0 unspecified atom stereocenters. The van der Waals surface area contributed by atoms with Crippen molar-refractivity contribution in [3.05, 3.63) is 72.4 Å². The van der Waals surface area contributed by atoms with Crippen molar-refractivity contribution in [2.24, 2.45) is 0 Å². The highest BCUT2D eigenvalue weighted by Crippen LogP contribution is 2.30. The third-order valence-corrected chi connectivity index (χ3v) is 9.40. The molecule has 2 aliphatic heterocycles. The van der Waals surface area contributed by atoms with E-state index in [-0.39, 0.29) is 44.8 Å². The van der Waals surface area contributed by atoms with E-state index in [1.807, 2.05) is 54.6 Å². The number of pyridine rings is 1. The molecule has 2 aliphatic rings. The molecular formula is C38H49N7O7. The van der Waals surface area contributed by atoms with Crippen molar-refractivity contribution < 1.29 is 33.8 Å². The number of hydrogen-bond donors (Lipinski definition) is 4. The Bertz CT molecular complexity index is 1770. The van der Waals surface area contributed by atoms with Gasteiger partial charge in [0.2, 0.25) is 23.6 Å². The molecule has 2 saturated heterocycles. The van der Waals surface area contributed by atoms with E-state index in [0.717, 1.165) is 16.5 Å². The normalized spacial score (nSPS) is 20.7. The average Bonchev–Trinajstić information content (AvgIpc) is 3.75. The van der Waals surface area contributed by atoms with E-state index >= 15 is 0 Å². The fourth-order valence-corrected chi connectivity index (χ4v) is 6.70. The minimum absolute atomic E-state index is 0.0398. The van der Waals surface area contributed by atoms with E-state index in [0.29, 0.717) is 12.1 Å². The van der Waals surface area contributed by atoms with Crippen LogP contribution in [0.15, 0.2) is 66.9 Å². The predicted octanol–water partition coefficient (Wildman–Crippen LogP) is 2.31. The van der Waals surface area contributed by atoms with Crippen LogP contribution in [0.1, 0.15) is 45.6 Å². The molecule has 0 bridgehead atoms. The van der Waals surface area contributed by atoms with Gasteiger partial charge in [0.25, 0.3) is 0 Å². The monoisotopic (exact) mass is 715 g/mol. The number of amides is 5. The van der Waals surface area contributed by atoms with Gasteiger partial charge in [0.05, 0.1) is 30.0 Å². The largest absolute Gasteiger partial charge is 0.444 e. The Labute approximate surface area is 303 Å². The van der Waals surface area contributed by atoms with Gasteiger partial charge in [-0.3, -0.25) is 29.1 Å². The first kappa shape index (κ1) is 38.2. The summed E-state index contributed by atoms with van der Waals surface area (Å²) in [6.45, 7) is 5.26. The van der Waals surface area contributed by atoms with Crippen LogP contribution in [-0.4, -0.2) is 124 Å². The van der Waals surface area contributed by atoms with Crippen LogP contribution >= 0.6 is 0 Å². The van der Waals surface area contributed by atoms with E-state index in [1.165, 1.54) is 20.9 Å². The number of rotatable bonds is 11. The molecule has 1 aromatic heterocycles. The van der Waals surface area contributed by atoms with Crippen LogP contribution in [0.4, 0.5) is 10.5 Å². The SMILES string of the molecule is CNCC(=O)N(C)[C@@H]1C[C@@H](C(=O)N2C[C@H](NC(=O)[C@H](O)CCc3ccccc3)C[C@H]2C(=O)Nc2cnc3ccccc3c2)N(C(=O)OC(C)(C)C)C1. The van der Waals surface area contributed by atoms with E-state index in [4.69, 9.17) is 4.74 Å². The molecule has 3 aromatic rings. The van der Waals surface area contributed by atoms with E-state index < -0.39 is 59.7 Å². The second-order valence-corrected chi connectivity index (χ2v) is 14.5. The van der Waals surface area contributed by atoms with E-state index in [2.05, 4.69) is 20.9 Å². The van der Waals surface area contributed by atoms with Crippen molar-refractivity contribution >= 4 is 46.3 Å². The number of aliphatic hydroxyl groups is 1. The van der Waals surface area contributed by atoms with Crippen molar-refractivity contribution in [3.8, 4) is 0 Å². The maximum atomic E-state index is 14.6. The molecule has 0 aliphatic carbocycles. The maximum Gasteiger partial charge on any atom is 0.411 e. The number of nitrogens with zero attached hydrogens (tertiary/aromatic N) is 4. The Balaban J connectivity index is 1.38. The van der Waals surface area contributed by atoms with E-state index in [9.17, 15) is 29.1 Å². The van der Waals surface area contributed by atoms with Crippen LogP contribution in [0.5, 0.6) is 0 Å². The second kappa shape index (κ2) is 16.5. The molecule has 278 valence electrons. The number of aryl methyl sites for hydroxylation is 1. The Hall–Kier alpha value is -5.08. The molecule has 14 heteroatoms. The topological polar surface area (TPSA) is 174 Å². The number of para-hydroxylation sites is 1. The van der Waals surface area contributed by atoms with Crippen LogP contribution in [0, 0.1) is 0 Å². The van der Waals surface area contributed by atoms with Crippen LogP contribution in [0.2, 0.25) is 0 Å². The minimum atomic E-state index is -1.30. The zero-order valence-corrected chi connectivity index (χ0v) is 30.4. The smallest absolute Gasteiger partial charge is 0.411 e. The summed E-state index contributed by atoms with van der Waals surface area (Å²) in [6, 6.07) is 15.5. The number of carbonyl (C=O) groups excluding carboxylic acids is 5. The number of aliphatic hydroxyl groups excluding tert-OH is 1. The lowest BCUT2D eigenvalue weighted by Crippen LogP contribution is -2.53. The molecule has 3 heterocycles. The summed E-state index contributed by atoms with van der Waals surface area (Å²) in [4.78, 5) is 76.7. The fraction of sp³-hybridized carbons (Fsp3) is 0.474. The van der Waals surface area contributed by atoms with Gasteiger partial charge >= 0.3 is 6.09 Å². The molecule has 5 rings (SSSR count). The molecule has 0 radical (unpaired) electrons. The highest BCUT2D eigenvalue weighted by molar-refractivity contribution is 6.00. The number of carbonyl (C=O) groups is 5. The molecule has 4 N–H and O–H groups in total. The third-order valence-electron chi connectivity index (χ3n) is 9.40. The number of benzene rings is 2. The van der Waals surface area contributed by atoms with Crippen LogP contribution in [0.25, 0.3) is 10.9 Å². The average molecular weight is 716 g/mol. The van der Waals surface area contributed by atoms with Gasteiger partial charge in [-0.15, -0.1) is 0 Å². The van der Waals surface area contributed by atoms with Crippen molar-refractivity contribution in [2.45, 2.75) is 82.3 Å². The van der Waals surface area contributed by atoms with Gasteiger partial charge in [-0.1, -0.05) is 48.5 Å². The molecule has 0 saturated carbocycles. The molecule has 52 heavy (non-hydrogen) atoms. The standard InChI is InChI=1S/C38H49N7O7/c1-38(2,3)52-37(51)45-23-28(43(5)33(47)21-39-4)19-31(45)36(50)44-22-27(42-35(49)32(46)16-15-24-11-7-6-8-12-24)18-30(44)34(48)41-26-17-25-13-9-10-14-29(25)40-20-26/h6-14,17,20,27-28,30-32,39,46H,15-16,18-19,21-23H2,1-5H3,(H,41,48)(H,42,49)/t27-,28-,30+,31+,32-/m1/s1. The summed E-state index contributed by atoms with van der Waals surface area (Å²) in [6.07, 6.45) is 0.398. The highest BCUT2D eigenvalue weighted by Gasteiger charge is 2.49. The van der Waals surface area contributed by atoms with Crippen molar-refractivity contribution in [1.82, 2.24) is 30.3 Å². The fourth-order valence-electron chi connectivity index (χ4n) is 6.70. The van der Waals surface area contributed by atoms with Crippen molar-refractivity contribution in [1.29, 1.82) is 0 Å². The Morgan fingerprint density at radius 1 is 0.981 bits per heavy atom. The third kappa shape index (κ3) is 9.42. The number of hydrogen-bond acceptors (Lipinski definition) is 9. The van der Waals surface area contributed by atoms with Gasteiger partial charge in [-0.25, -0.2) is 4.79 Å². The zero-order valence-electron chi connectivity index (χ0n) is 30.4. The summed E-state index contributed by atoms with van der Waals surface area (Å²) >= 11 is 0. The Morgan fingerprint density at radius 2 is 1.69 bits per heavy atom. The lowest BCUT2D eigenvalue weighted by molar-refractivity contribution is -0.140. The number of fused-ring (bicyclic) bond motifs is 1. The summed E-state index contributed by atoms with van der Waals surface area (Å²) < 4.78 is 5.67. The predicted molar refractivity (Wildman–Crippen MR) is 195 cm³/mol. The first-order valence-corrected chi connectivity index (χ1v) is 17.6. The number of ether oxygens (including phenoxy) is 1. The quantitative estimate of drug-likeness (QED) is 0.232. The highest BCUT2D eigenvalue weighted by atomic mass is 16.6. The van der Waals surface area contributed by atoms with Crippen LogP contribution < -0.4 is 16.0 Å². The van der Waals surface area contributed by atoms with Crippen LogP contribution in [0.3, 0.4) is 0 Å². The number of anilines is 1. The van der Waals surface area contributed by atoms with Crippen LogP contribution in [-0.2, 0) is 30.3 Å². The number of likely N-dealkylation sites (N-methyl/N-ethyl adjacent to an activating group) is 2. The molecule has 5 amide bonds. The van der Waals surface area contributed by atoms with Gasteiger partial charge < -0.3 is 35.6 Å². The molecular weight excluding hydrogens is 666 g/mol. The molecule has 14 nitrogen and oxygen atoms in total. The van der Waals surface area contributed by atoms with Crippen molar-refractivity contribution in [2.75, 3.05) is 39.0 Å².